The van der Waals surface area contributed by atoms with E-state index in [1.165, 1.54) is 22.8 Å². The van der Waals surface area contributed by atoms with Gasteiger partial charge in [-0.1, -0.05) is 35.3 Å². The number of hydrogen-bond acceptors (Lipinski definition) is 4. The van der Waals surface area contributed by atoms with Crippen LogP contribution in [-0.4, -0.2) is 18.0 Å². The van der Waals surface area contributed by atoms with Crippen LogP contribution in [-0.2, 0) is 23.6 Å². The predicted octanol–water partition coefficient (Wildman–Crippen LogP) is 2.72. The molecule has 0 aliphatic carbocycles. The molecule has 0 saturated heterocycles. The molecule has 130 valence electrons. The van der Waals surface area contributed by atoms with Gasteiger partial charge in [-0.3, -0.25) is 9.36 Å². The lowest BCUT2D eigenvalue weighted by Crippen LogP contribution is -2.29. The number of nitrogens with one attached hydrogen (secondary N) is 1. The van der Waals surface area contributed by atoms with Crippen molar-refractivity contribution in [3.05, 3.63) is 68.7 Å². The molecule has 25 heavy (non-hydrogen) atoms. The predicted molar refractivity (Wildman–Crippen MR) is 97.5 cm³/mol. The average molecular weight is 398 g/mol. The molecule has 0 amide bonds. The Morgan fingerprint density at radius 3 is 2.56 bits per heavy atom. The number of para-hydroxylation sites is 1. The van der Waals surface area contributed by atoms with Gasteiger partial charge in [0.1, 0.15) is 5.82 Å². The molecule has 9 heteroatoms. The lowest BCUT2D eigenvalue weighted by Gasteiger charge is -2.11. The van der Waals surface area contributed by atoms with Crippen molar-refractivity contribution in [1.29, 1.82) is 0 Å². The average Bonchev–Trinajstić information content (AvgIpc) is 2.59. The summed E-state index contributed by atoms with van der Waals surface area (Å²) in [5, 5.41) is 0.876. The molecule has 0 spiro atoms. The van der Waals surface area contributed by atoms with Crippen molar-refractivity contribution in [2.75, 3.05) is 0 Å². The minimum atomic E-state index is -3.83. The van der Waals surface area contributed by atoms with Gasteiger partial charge in [0.25, 0.3) is 5.56 Å². The van der Waals surface area contributed by atoms with Crippen LogP contribution in [0.4, 0.5) is 0 Å². The summed E-state index contributed by atoms with van der Waals surface area (Å²) in [4.78, 5) is 16.7. The van der Waals surface area contributed by atoms with E-state index in [0.29, 0.717) is 16.7 Å². The highest BCUT2D eigenvalue weighted by Gasteiger charge is 2.17. The maximum Gasteiger partial charge on any atom is 0.261 e. The SMILES string of the molecule is Cn1c(CNS(=O)(=O)c2ccc(Cl)c(Cl)c2)nc2ccccc2c1=O. The number of rotatable bonds is 4. The molecule has 0 fully saturated rings. The highest BCUT2D eigenvalue weighted by molar-refractivity contribution is 7.89. The molecule has 0 saturated carbocycles. The Kier molecular flexibility index (Phi) is 4.83. The van der Waals surface area contributed by atoms with E-state index < -0.39 is 10.0 Å². The zero-order valence-corrected chi connectivity index (χ0v) is 15.4. The van der Waals surface area contributed by atoms with Crippen LogP contribution in [0.15, 0.2) is 52.2 Å². The van der Waals surface area contributed by atoms with Gasteiger partial charge in [-0.2, -0.15) is 0 Å². The van der Waals surface area contributed by atoms with Crippen molar-refractivity contribution in [3.63, 3.8) is 0 Å². The van der Waals surface area contributed by atoms with Crippen molar-refractivity contribution in [3.8, 4) is 0 Å². The second-order valence-corrected chi connectivity index (χ2v) is 7.89. The van der Waals surface area contributed by atoms with Crippen molar-refractivity contribution >= 4 is 44.1 Å². The summed E-state index contributed by atoms with van der Waals surface area (Å²) < 4.78 is 28.5. The van der Waals surface area contributed by atoms with Crippen molar-refractivity contribution in [2.45, 2.75) is 11.4 Å². The van der Waals surface area contributed by atoms with Crippen molar-refractivity contribution in [2.24, 2.45) is 7.05 Å². The van der Waals surface area contributed by atoms with Gasteiger partial charge in [-0.25, -0.2) is 18.1 Å². The first-order valence-corrected chi connectivity index (χ1v) is 9.43. The smallest absolute Gasteiger partial charge is 0.261 e. The van der Waals surface area contributed by atoms with Gasteiger partial charge in [-0.15, -0.1) is 0 Å². The number of nitrogens with zero attached hydrogens (tertiary/aromatic N) is 2. The Hall–Kier alpha value is -1.93. The first kappa shape index (κ1) is 17.9. The molecule has 0 bridgehead atoms. The first-order valence-electron chi connectivity index (χ1n) is 7.19. The summed E-state index contributed by atoms with van der Waals surface area (Å²) in [6, 6.07) is 10.9. The van der Waals surface area contributed by atoms with Crippen molar-refractivity contribution in [1.82, 2.24) is 14.3 Å². The van der Waals surface area contributed by atoms with Gasteiger partial charge in [-0.05, 0) is 30.3 Å². The highest BCUT2D eigenvalue weighted by atomic mass is 35.5. The molecule has 0 aliphatic rings. The Labute approximate surface area is 154 Å². The molecule has 3 rings (SSSR count). The van der Waals surface area contributed by atoms with Crippen LogP contribution < -0.4 is 10.3 Å². The zero-order valence-electron chi connectivity index (χ0n) is 13.0. The number of hydrogen-bond donors (Lipinski definition) is 1. The summed E-state index contributed by atoms with van der Waals surface area (Å²) in [6.07, 6.45) is 0. The minimum absolute atomic E-state index is 0.0207. The Morgan fingerprint density at radius 2 is 1.84 bits per heavy atom. The van der Waals surface area contributed by atoms with E-state index in [2.05, 4.69) is 9.71 Å². The molecule has 2 aromatic carbocycles. The molecular weight excluding hydrogens is 385 g/mol. The van der Waals surface area contributed by atoms with Gasteiger partial charge in [0.05, 0.1) is 32.4 Å². The molecule has 1 aromatic heterocycles. The largest absolute Gasteiger partial charge is 0.298 e. The van der Waals surface area contributed by atoms with Crippen LogP contribution in [0, 0.1) is 0 Å². The second-order valence-electron chi connectivity index (χ2n) is 5.31. The number of halogens is 2. The first-order chi connectivity index (χ1) is 11.8. The van der Waals surface area contributed by atoms with E-state index in [1.807, 2.05) is 0 Å². The summed E-state index contributed by atoms with van der Waals surface area (Å²) in [7, 11) is -2.28. The fourth-order valence-corrected chi connectivity index (χ4v) is 3.68. The normalized spacial score (nSPS) is 11.8. The molecule has 1 N–H and O–H groups in total. The standard InChI is InChI=1S/C16H13Cl2N3O3S/c1-21-15(20-14-5-3-2-4-11(14)16(21)22)9-19-25(23,24)10-6-7-12(17)13(18)8-10/h2-8,19H,9H2,1H3. The number of aromatic nitrogens is 2. The lowest BCUT2D eigenvalue weighted by atomic mass is 10.2. The van der Waals surface area contributed by atoms with Gasteiger partial charge in [0.2, 0.25) is 10.0 Å². The summed E-state index contributed by atoms with van der Waals surface area (Å²) >= 11 is 11.7. The maximum absolute atomic E-state index is 12.4. The molecule has 1 heterocycles. The third-order valence-electron chi connectivity index (χ3n) is 3.70. The molecule has 0 radical (unpaired) electrons. The lowest BCUT2D eigenvalue weighted by molar-refractivity contribution is 0.576. The van der Waals surface area contributed by atoms with Gasteiger partial charge in [0.15, 0.2) is 0 Å². The van der Waals surface area contributed by atoms with E-state index in [4.69, 9.17) is 23.2 Å². The quantitative estimate of drug-likeness (QED) is 0.733. The van der Waals surface area contributed by atoms with Gasteiger partial charge < -0.3 is 0 Å². The Morgan fingerprint density at radius 1 is 1.12 bits per heavy atom. The fourth-order valence-electron chi connectivity index (χ4n) is 2.31. The monoisotopic (exact) mass is 397 g/mol. The van der Waals surface area contributed by atoms with E-state index in [9.17, 15) is 13.2 Å². The summed E-state index contributed by atoms with van der Waals surface area (Å²) in [5.74, 6) is 0.298. The Bertz CT molecular complexity index is 1130. The molecule has 0 aliphatic heterocycles. The molecule has 0 atom stereocenters. The van der Waals surface area contributed by atoms with E-state index >= 15 is 0 Å². The van der Waals surface area contributed by atoms with Crippen LogP contribution in [0.5, 0.6) is 0 Å². The fraction of sp³-hybridized carbons (Fsp3) is 0.125. The zero-order chi connectivity index (χ0) is 18.2. The minimum Gasteiger partial charge on any atom is -0.298 e. The number of benzene rings is 2. The third-order valence-corrected chi connectivity index (χ3v) is 5.84. The summed E-state index contributed by atoms with van der Waals surface area (Å²) in [6.45, 7) is -0.140. The highest BCUT2D eigenvalue weighted by Crippen LogP contribution is 2.24. The van der Waals surface area contributed by atoms with Crippen molar-refractivity contribution < 1.29 is 8.42 Å². The summed E-state index contributed by atoms with van der Waals surface area (Å²) in [5.41, 5.74) is 0.267. The topological polar surface area (TPSA) is 81.1 Å². The van der Waals surface area contributed by atoms with Gasteiger partial charge in [0, 0.05) is 7.05 Å². The van der Waals surface area contributed by atoms with Crippen LogP contribution in [0.3, 0.4) is 0 Å². The Balaban J connectivity index is 1.93. The van der Waals surface area contributed by atoms with Crippen LogP contribution >= 0.6 is 23.2 Å². The van der Waals surface area contributed by atoms with Crippen LogP contribution in [0.1, 0.15) is 5.82 Å². The molecule has 6 nitrogen and oxygen atoms in total. The molecule has 0 unspecified atom stereocenters. The number of sulfonamides is 1. The van der Waals surface area contributed by atoms with Gasteiger partial charge >= 0.3 is 0 Å². The molecular formula is C16H13Cl2N3O3S. The van der Waals surface area contributed by atoms with Crippen LogP contribution in [0.25, 0.3) is 10.9 Å². The second kappa shape index (κ2) is 6.76. The van der Waals surface area contributed by atoms with E-state index in [-0.39, 0.29) is 27.0 Å². The number of fused-ring (bicyclic) bond motifs is 1. The molecule has 3 aromatic rings. The maximum atomic E-state index is 12.4. The third kappa shape index (κ3) is 3.55. The van der Waals surface area contributed by atoms with E-state index in [1.54, 1.807) is 31.3 Å². The van der Waals surface area contributed by atoms with Crippen LogP contribution in [0.2, 0.25) is 10.0 Å². The van der Waals surface area contributed by atoms with E-state index in [0.717, 1.165) is 0 Å².